The maximum Gasteiger partial charge on any atom is 0.416 e. The summed E-state index contributed by atoms with van der Waals surface area (Å²) in [6, 6.07) is 13.6. The van der Waals surface area contributed by atoms with Crippen molar-refractivity contribution in [2.45, 2.75) is 57.1 Å². The van der Waals surface area contributed by atoms with Gasteiger partial charge in [0.1, 0.15) is 5.75 Å². The fourth-order valence-electron chi connectivity index (χ4n) is 3.63. The molecule has 1 saturated carbocycles. The zero-order chi connectivity index (χ0) is 24.7. The number of halogens is 3. The molecule has 0 bridgehead atoms. The van der Waals surface area contributed by atoms with E-state index in [2.05, 4.69) is 9.82 Å². The summed E-state index contributed by atoms with van der Waals surface area (Å²) in [6.07, 6.45) is -3.05. The first kappa shape index (κ1) is 24.3. The van der Waals surface area contributed by atoms with Gasteiger partial charge in [0.25, 0.3) is 0 Å². The van der Waals surface area contributed by atoms with Gasteiger partial charge in [0.2, 0.25) is 15.9 Å². The highest BCUT2D eigenvalue weighted by atomic mass is 32.2. The van der Waals surface area contributed by atoms with Crippen LogP contribution in [-0.2, 0) is 28.3 Å². The first-order valence-electron chi connectivity index (χ1n) is 11.0. The molecular weight excluding hydrogens is 467 g/mol. The molecule has 2 aromatic carbocycles. The van der Waals surface area contributed by atoms with Crippen molar-refractivity contribution in [2.24, 2.45) is 0 Å². The molecule has 0 atom stereocenters. The van der Waals surface area contributed by atoms with Gasteiger partial charge in [-0.05, 0) is 69.5 Å². The molecule has 182 valence electrons. The largest absolute Gasteiger partial charge is 0.439 e. The second-order valence-corrected chi connectivity index (χ2v) is 10.8. The third kappa shape index (κ3) is 5.28. The number of hydrogen-bond donors (Lipinski definition) is 1. The molecule has 1 aliphatic rings. The van der Waals surface area contributed by atoms with E-state index in [4.69, 9.17) is 4.74 Å². The number of aryl methyl sites for hydroxylation is 1. The van der Waals surface area contributed by atoms with Crippen LogP contribution < -0.4 is 9.46 Å². The third-order valence-electron chi connectivity index (χ3n) is 5.69. The molecule has 0 amide bonds. The molecule has 1 N–H and O–H groups in total. The molecule has 0 unspecified atom stereocenters. The zero-order valence-electron chi connectivity index (χ0n) is 19.1. The fourth-order valence-corrected chi connectivity index (χ4v) is 5.38. The highest BCUT2D eigenvalue weighted by molar-refractivity contribution is 7.90. The highest BCUT2D eigenvalue weighted by Gasteiger charge is 2.39. The predicted octanol–water partition coefficient (Wildman–Crippen LogP) is 5.70. The topological polar surface area (TPSA) is 73.2 Å². The monoisotopic (exact) mass is 493 g/mol. The maximum absolute atomic E-state index is 12.8. The molecule has 3 aromatic rings. The van der Waals surface area contributed by atoms with Crippen molar-refractivity contribution in [2.75, 3.05) is 0 Å². The summed E-state index contributed by atoms with van der Waals surface area (Å²) in [5, 5.41) is 4.24. The Morgan fingerprint density at radius 1 is 1.06 bits per heavy atom. The molecule has 10 heteroatoms. The number of hydrogen-bond acceptors (Lipinski definition) is 4. The lowest BCUT2D eigenvalue weighted by Crippen LogP contribution is -2.42. The van der Waals surface area contributed by atoms with Gasteiger partial charge in [-0.3, -0.25) is 0 Å². The molecule has 0 radical (unpaired) electrons. The van der Waals surface area contributed by atoms with Crippen LogP contribution in [0.3, 0.4) is 0 Å². The Balaban J connectivity index is 1.58. The van der Waals surface area contributed by atoms with E-state index in [1.165, 1.54) is 12.1 Å². The molecule has 1 heterocycles. The van der Waals surface area contributed by atoms with Crippen LogP contribution in [0.4, 0.5) is 13.2 Å². The minimum atomic E-state index is -4.41. The van der Waals surface area contributed by atoms with Crippen molar-refractivity contribution < 1.29 is 26.3 Å². The number of aromatic nitrogens is 2. The number of sulfonamides is 1. The van der Waals surface area contributed by atoms with E-state index in [9.17, 15) is 21.6 Å². The Morgan fingerprint density at radius 3 is 2.32 bits per heavy atom. The number of alkyl halides is 3. The minimum absolute atomic E-state index is 0.263. The molecule has 34 heavy (non-hydrogen) atoms. The second kappa shape index (κ2) is 8.74. The fraction of sp³-hybridized carbons (Fsp3) is 0.375. The summed E-state index contributed by atoms with van der Waals surface area (Å²) in [7, 11) is -3.38. The lowest BCUT2D eigenvalue weighted by atomic mass is 9.93. The molecular formula is C24H26F3N3O3S. The number of rotatable bonds is 8. The summed E-state index contributed by atoms with van der Waals surface area (Å²) in [5.41, 5.74) is 0.587. The van der Waals surface area contributed by atoms with Gasteiger partial charge >= 0.3 is 6.18 Å². The van der Waals surface area contributed by atoms with Gasteiger partial charge in [-0.2, -0.15) is 18.3 Å². The van der Waals surface area contributed by atoms with Crippen LogP contribution in [0.2, 0.25) is 0 Å². The Kier molecular flexibility index (Phi) is 6.24. The Bertz CT molecular complexity index is 1280. The van der Waals surface area contributed by atoms with E-state index in [0.29, 0.717) is 31.0 Å². The standard InChI is InChI=1S/C24H26F3N3O3S/c1-4-30-22(33-19-10-8-17(9-11-19)24(25,26)27)15-21(28-30)16-6-5-7-18(14-16)23(2,3)29-34(31,32)20-12-13-20/h5-11,14-15,20,29H,4,12-13H2,1-3H3. The number of benzene rings is 2. The van der Waals surface area contributed by atoms with E-state index in [0.717, 1.165) is 23.3 Å². The summed E-state index contributed by atoms with van der Waals surface area (Å²) < 4.78 is 73.6. The molecule has 4 rings (SSSR count). The van der Waals surface area contributed by atoms with Crippen molar-refractivity contribution in [3.05, 3.63) is 65.7 Å². The van der Waals surface area contributed by atoms with Crippen LogP contribution in [0.1, 0.15) is 44.7 Å². The lowest BCUT2D eigenvalue weighted by molar-refractivity contribution is -0.137. The van der Waals surface area contributed by atoms with Crippen molar-refractivity contribution in [1.82, 2.24) is 14.5 Å². The third-order valence-corrected chi connectivity index (χ3v) is 7.83. The number of nitrogens with one attached hydrogen (secondary N) is 1. The van der Waals surface area contributed by atoms with Crippen LogP contribution in [0.5, 0.6) is 11.6 Å². The summed E-state index contributed by atoms with van der Waals surface area (Å²) in [5.74, 6) is 0.648. The van der Waals surface area contributed by atoms with Crippen LogP contribution in [0.15, 0.2) is 54.6 Å². The molecule has 6 nitrogen and oxygen atoms in total. The van der Waals surface area contributed by atoms with E-state index >= 15 is 0 Å². The smallest absolute Gasteiger partial charge is 0.416 e. The van der Waals surface area contributed by atoms with E-state index in [1.54, 1.807) is 10.7 Å². The average molecular weight is 494 g/mol. The van der Waals surface area contributed by atoms with Gasteiger partial charge < -0.3 is 4.74 Å². The SMILES string of the molecule is CCn1nc(-c2cccc(C(C)(C)NS(=O)(=O)C3CC3)c2)cc1Oc1ccc(C(F)(F)F)cc1. The Morgan fingerprint density at radius 2 is 1.74 bits per heavy atom. The molecule has 0 saturated heterocycles. The van der Waals surface area contributed by atoms with Crippen LogP contribution >= 0.6 is 0 Å². The molecule has 0 aliphatic heterocycles. The lowest BCUT2D eigenvalue weighted by Gasteiger charge is -2.27. The van der Waals surface area contributed by atoms with Gasteiger partial charge in [0.05, 0.1) is 22.0 Å². The summed E-state index contributed by atoms with van der Waals surface area (Å²) in [4.78, 5) is 0. The van der Waals surface area contributed by atoms with Crippen molar-refractivity contribution in [3.63, 3.8) is 0 Å². The molecule has 1 aromatic heterocycles. The van der Waals surface area contributed by atoms with E-state index < -0.39 is 27.3 Å². The van der Waals surface area contributed by atoms with Gasteiger partial charge in [0.15, 0.2) is 0 Å². The predicted molar refractivity (Wildman–Crippen MR) is 123 cm³/mol. The van der Waals surface area contributed by atoms with E-state index in [-0.39, 0.29) is 11.0 Å². The maximum atomic E-state index is 12.8. The van der Waals surface area contributed by atoms with Crippen LogP contribution in [0.25, 0.3) is 11.3 Å². The van der Waals surface area contributed by atoms with Crippen LogP contribution in [-0.4, -0.2) is 23.4 Å². The number of ether oxygens (including phenoxy) is 1. The van der Waals surface area contributed by atoms with Crippen molar-refractivity contribution >= 4 is 10.0 Å². The summed E-state index contributed by atoms with van der Waals surface area (Å²) >= 11 is 0. The van der Waals surface area contributed by atoms with Gasteiger partial charge in [0, 0.05) is 18.2 Å². The first-order chi connectivity index (χ1) is 15.9. The van der Waals surface area contributed by atoms with Gasteiger partial charge in [-0.25, -0.2) is 17.8 Å². The number of nitrogens with zero attached hydrogens (tertiary/aromatic N) is 2. The zero-order valence-corrected chi connectivity index (χ0v) is 19.9. The average Bonchev–Trinajstić information content (AvgIpc) is 3.55. The first-order valence-corrected chi connectivity index (χ1v) is 12.5. The second-order valence-electron chi connectivity index (χ2n) is 8.86. The minimum Gasteiger partial charge on any atom is -0.439 e. The quantitative estimate of drug-likeness (QED) is 0.437. The van der Waals surface area contributed by atoms with E-state index in [1.807, 2.05) is 45.0 Å². The van der Waals surface area contributed by atoms with Crippen LogP contribution in [0, 0.1) is 0 Å². The normalized spacial score (nSPS) is 14.9. The van der Waals surface area contributed by atoms with Crippen molar-refractivity contribution in [3.8, 4) is 22.9 Å². The molecule has 1 fully saturated rings. The summed E-state index contributed by atoms with van der Waals surface area (Å²) in [6.45, 7) is 6.00. The molecule has 0 spiro atoms. The van der Waals surface area contributed by atoms with Gasteiger partial charge in [-0.15, -0.1) is 0 Å². The van der Waals surface area contributed by atoms with Gasteiger partial charge in [-0.1, -0.05) is 18.2 Å². The Labute approximate surface area is 196 Å². The molecule has 1 aliphatic carbocycles. The Hall–Kier alpha value is -2.85. The highest BCUT2D eigenvalue weighted by Crippen LogP contribution is 2.34. The van der Waals surface area contributed by atoms with Crippen molar-refractivity contribution in [1.29, 1.82) is 0 Å².